The van der Waals surface area contributed by atoms with Gasteiger partial charge in [-0.3, -0.25) is 9.05 Å². The summed E-state index contributed by atoms with van der Waals surface area (Å²) in [6.07, 6.45) is 18.6. The number of ether oxygens (including phenoxy) is 3. The number of anilines is 1. The molecule has 5 N–H and O–H groups in total. The molecule has 6 atom stereocenters. The van der Waals surface area contributed by atoms with Crippen LogP contribution in [-0.4, -0.2) is 85.0 Å². The van der Waals surface area contributed by atoms with E-state index in [1.807, 2.05) is 6.07 Å². The summed E-state index contributed by atoms with van der Waals surface area (Å²) in [6.45, 7) is 3.54. The number of unbranched alkanes of at least 4 members (excludes halogenated alkanes) is 15. The minimum absolute atomic E-state index is 0.105. The molecule has 0 aliphatic carbocycles. The van der Waals surface area contributed by atoms with Gasteiger partial charge in [-0.1, -0.05) is 109 Å². The first kappa shape index (κ1) is 45.7. The van der Waals surface area contributed by atoms with Crippen molar-refractivity contribution >= 4 is 19.2 Å². The number of fused-ring (bicyclic) bond motifs is 1. The molecule has 3 aromatic heterocycles. The smallest absolute Gasteiger partial charge is 0.387 e. The number of aliphatic hydroxyl groups is 2. The van der Waals surface area contributed by atoms with Crippen LogP contribution in [0.4, 0.5) is 5.82 Å². The van der Waals surface area contributed by atoms with Gasteiger partial charge >= 0.3 is 7.82 Å². The lowest BCUT2D eigenvalue weighted by Crippen LogP contribution is -2.44. The summed E-state index contributed by atoms with van der Waals surface area (Å²) in [5.74, 6) is 0.227. The zero-order valence-corrected chi connectivity index (χ0v) is 34.1. The van der Waals surface area contributed by atoms with E-state index < -0.39 is 44.4 Å². The van der Waals surface area contributed by atoms with Crippen molar-refractivity contribution in [3.8, 4) is 6.07 Å². The number of phosphoric acid groups is 1. The summed E-state index contributed by atoms with van der Waals surface area (Å²) < 4.78 is 43.0. The number of pyridine rings is 1. The van der Waals surface area contributed by atoms with Crippen LogP contribution in [0, 0.1) is 11.3 Å². The fraction of sp³-hybridized carbons (Fsp3) is 0.700. The molecule has 4 rings (SSSR count). The van der Waals surface area contributed by atoms with Crippen molar-refractivity contribution in [2.75, 3.05) is 32.2 Å². The van der Waals surface area contributed by atoms with Crippen molar-refractivity contribution in [2.24, 2.45) is 0 Å². The van der Waals surface area contributed by atoms with E-state index >= 15 is 0 Å². The van der Waals surface area contributed by atoms with Crippen LogP contribution in [0.1, 0.15) is 140 Å². The first-order valence-electron chi connectivity index (χ1n) is 20.3. The molecule has 16 heteroatoms. The Morgan fingerprint density at radius 3 is 2.18 bits per heavy atom. The zero-order chi connectivity index (χ0) is 40.2. The molecule has 1 aliphatic rings. The van der Waals surface area contributed by atoms with Gasteiger partial charge in [-0.05, 0) is 37.1 Å². The number of nitrogen functional groups attached to an aromatic ring is 1. The lowest BCUT2D eigenvalue weighted by molar-refractivity contribution is -0.102. The number of phosphoric ester groups is 1. The largest absolute Gasteiger partial charge is 0.472 e. The minimum atomic E-state index is -4.70. The highest BCUT2D eigenvalue weighted by atomic mass is 31.2. The molecule has 1 fully saturated rings. The molecule has 4 heterocycles. The Balaban J connectivity index is 1.16. The number of nitrogens with two attached hydrogens (primary N) is 1. The first-order chi connectivity index (χ1) is 27.1. The van der Waals surface area contributed by atoms with Gasteiger partial charge in [0.2, 0.25) is 0 Å². The van der Waals surface area contributed by atoms with Crippen molar-refractivity contribution in [2.45, 2.75) is 153 Å². The molecule has 0 spiro atoms. The monoisotopic (exact) mass is 802 g/mol. The fourth-order valence-electron chi connectivity index (χ4n) is 6.83. The van der Waals surface area contributed by atoms with Crippen LogP contribution in [0.15, 0.2) is 36.8 Å². The predicted octanol–water partition coefficient (Wildman–Crippen LogP) is 7.13. The molecular formula is C40H63N6O9P. The Bertz CT molecular complexity index is 1660. The highest BCUT2D eigenvalue weighted by Gasteiger charge is 2.53. The second-order valence-electron chi connectivity index (χ2n) is 15.0. The maximum atomic E-state index is 13.1. The van der Waals surface area contributed by atoms with Gasteiger partial charge in [-0.25, -0.2) is 19.0 Å². The van der Waals surface area contributed by atoms with Crippen LogP contribution >= 0.6 is 7.82 Å². The van der Waals surface area contributed by atoms with E-state index in [4.69, 9.17) is 34.3 Å². The van der Waals surface area contributed by atoms with Gasteiger partial charge in [0.25, 0.3) is 0 Å². The van der Waals surface area contributed by atoms with Crippen LogP contribution in [-0.2, 0) is 34.4 Å². The van der Waals surface area contributed by atoms with Crippen LogP contribution in [0.3, 0.4) is 0 Å². The van der Waals surface area contributed by atoms with Crippen molar-refractivity contribution in [3.63, 3.8) is 0 Å². The number of aliphatic hydroxyl groups excluding tert-OH is 2. The molecule has 56 heavy (non-hydrogen) atoms. The standard InChI is InChI=1S/C40H63N6O9P/c1-3-4-5-6-7-8-9-10-11-12-13-14-15-16-17-18-23-51-27-33(52-26-31-19-20-32(24-41)43-25-31)28-53-56(49,50)54-29-40(2)38(48)36(47)37(55-40)34-21-22-35-39(42)44-30-45-46(34)35/h19-22,25,30,33,36-38,47-48H,3-18,23,26-29H2,1-2H3,(H,49,50)(H2,42,44,45)/t33-,36-,37-,38-,40+/m0/s1. The Morgan fingerprint density at radius 1 is 0.929 bits per heavy atom. The number of aromatic nitrogens is 4. The van der Waals surface area contributed by atoms with Crippen LogP contribution < -0.4 is 5.73 Å². The summed E-state index contributed by atoms with van der Waals surface area (Å²) in [7, 11) is -4.70. The minimum Gasteiger partial charge on any atom is -0.387 e. The predicted molar refractivity (Wildman–Crippen MR) is 211 cm³/mol. The second-order valence-corrected chi connectivity index (χ2v) is 16.5. The third-order valence-electron chi connectivity index (χ3n) is 10.3. The molecule has 0 bridgehead atoms. The maximum Gasteiger partial charge on any atom is 0.472 e. The number of nitriles is 1. The van der Waals surface area contributed by atoms with E-state index in [1.54, 1.807) is 24.3 Å². The molecule has 1 saturated heterocycles. The summed E-state index contributed by atoms with van der Waals surface area (Å²) in [5, 5.41) is 35.0. The van der Waals surface area contributed by atoms with Gasteiger partial charge in [0.1, 0.15) is 53.6 Å². The first-order valence-corrected chi connectivity index (χ1v) is 21.8. The average Bonchev–Trinajstić information content (AvgIpc) is 3.73. The van der Waals surface area contributed by atoms with Crippen molar-refractivity contribution in [3.05, 3.63) is 53.7 Å². The summed E-state index contributed by atoms with van der Waals surface area (Å²) in [5.41, 5.74) is 6.23. The number of nitrogens with zero attached hydrogens (tertiary/aromatic N) is 5. The zero-order valence-electron chi connectivity index (χ0n) is 33.2. The molecule has 0 saturated carbocycles. The molecule has 0 radical (unpaired) electrons. The highest BCUT2D eigenvalue weighted by molar-refractivity contribution is 7.47. The summed E-state index contributed by atoms with van der Waals surface area (Å²) in [6, 6.07) is 8.58. The molecule has 3 aromatic rings. The average molecular weight is 803 g/mol. The number of rotatable bonds is 29. The molecule has 1 aliphatic heterocycles. The molecule has 1 unspecified atom stereocenters. The SMILES string of the molecule is CCCCCCCCCCCCCCCCCCOC[C@@H](COP(=O)(O)OC[C@@]1(C)O[C@@H](c2ccc3c(N)ncnn23)[C@H](O)[C@@H]1O)OCc1ccc(C#N)nc1. The van der Waals surface area contributed by atoms with E-state index in [0.717, 1.165) is 19.3 Å². The van der Waals surface area contributed by atoms with Crippen molar-refractivity contribution in [1.82, 2.24) is 19.6 Å². The summed E-state index contributed by atoms with van der Waals surface area (Å²) in [4.78, 5) is 18.6. The third kappa shape index (κ3) is 14.7. The molecule has 0 aromatic carbocycles. The maximum absolute atomic E-state index is 13.1. The van der Waals surface area contributed by atoms with Crippen LogP contribution in [0.5, 0.6) is 0 Å². The van der Waals surface area contributed by atoms with Crippen LogP contribution in [0.2, 0.25) is 0 Å². The van der Waals surface area contributed by atoms with Crippen molar-refractivity contribution in [1.29, 1.82) is 5.26 Å². The lowest BCUT2D eigenvalue weighted by atomic mass is 9.97. The Hall–Kier alpha value is -3.03. The van der Waals surface area contributed by atoms with Gasteiger partial charge in [-0.15, -0.1) is 0 Å². The second kappa shape index (κ2) is 24.0. The summed E-state index contributed by atoms with van der Waals surface area (Å²) >= 11 is 0. The van der Waals surface area contributed by atoms with E-state index in [-0.39, 0.29) is 31.3 Å². The topological polar surface area (TPSA) is 217 Å². The molecular weight excluding hydrogens is 739 g/mol. The molecule has 312 valence electrons. The normalized spacial score (nSPS) is 21.3. The van der Waals surface area contributed by atoms with Gasteiger partial charge in [-0.2, -0.15) is 10.4 Å². The lowest BCUT2D eigenvalue weighted by Gasteiger charge is -2.28. The number of hydrogen-bond acceptors (Lipinski definition) is 13. The van der Waals surface area contributed by atoms with Gasteiger partial charge < -0.3 is 35.1 Å². The highest BCUT2D eigenvalue weighted by Crippen LogP contribution is 2.47. The Labute approximate surface area is 331 Å². The van der Waals surface area contributed by atoms with Crippen molar-refractivity contribution < 1.29 is 42.9 Å². The quantitative estimate of drug-likeness (QED) is 0.0406. The van der Waals surface area contributed by atoms with E-state index in [0.29, 0.717) is 23.4 Å². The number of hydrogen-bond donors (Lipinski definition) is 4. The van der Waals surface area contributed by atoms with Crippen LogP contribution in [0.25, 0.3) is 5.52 Å². The third-order valence-corrected chi connectivity index (χ3v) is 11.2. The van der Waals surface area contributed by atoms with E-state index in [1.165, 1.54) is 107 Å². The molecule has 0 amide bonds. The fourth-order valence-corrected chi connectivity index (χ4v) is 7.67. The molecule has 15 nitrogen and oxygen atoms in total. The van der Waals surface area contributed by atoms with Gasteiger partial charge in [0.15, 0.2) is 5.82 Å². The Kier molecular flexibility index (Phi) is 19.6. The van der Waals surface area contributed by atoms with E-state index in [9.17, 15) is 19.7 Å². The van der Waals surface area contributed by atoms with E-state index in [2.05, 4.69) is 22.0 Å². The van der Waals surface area contributed by atoms with Gasteiger partial charge in [0, 0.05) is 12.8 Å². The Morgan fingerprint density at radius 2 is 1.57 bits per heavy atom. The van der Waals surface area contributed by atoms with Gasteiger partial charge in [0.05, 0.1) is 32.1 Å².